The van der Waals surface area contributed by atoms with Gasteiger partial charge in [-0.05, 0) is 33.2 Å². The van der Waals surface area contributed by atoms with Gasteiger partial charge in [0.05, 0.1) is 12.2 Å². The van der Waals surface area contributed by atoms with Gasteiger partial charge in [-0.2, -0.15) is 0 Å². The maximum atomic E-state index is 5.79. The van der Waals surface area contributed by atoms with Gasteiger partial charge >= 0.3 is 0 Å². The zero-order chi connectivity index (χ0) is 11.5. The number of halogens is 2. The Balaban J connectivity index is 0.00000144. The number of hydrogen-bond donors (Lipinski definition) is 1. The number of likely N-dealkylation sites (tertiary alicyclic amines) is 1. The number of nitrogens with two attached hydrogens (primary N) is 1. The molecule has 1 atom stereocenters. The minimum Gasteiger partial charge on any atom is -0.444 e. The molecule has 1 aliphatic rings. The van der Waals surface area contributed by atoms with Crippen molar-refractivity contribution in [3.8, 4) is 0 Å². The number of aryl methyl sites for hydroxylation is 2. The summed E-state index contributed by atoms with van der Waals surface area (Å²) in [5.41, 5.74) is 6.79. The average molecular weight is 296 g/mol. The quantitative estimate of drug-likeness (QED) is 0.931. The smallest absolute Gasteiger partial charge is 0.208 e. The van der Waals surface area contributed by atoms with Gasteiger partial charge in [-0.25, -0.2) is 4.98 Å². The van der Waals surface area contributed by atoms with Crippen LogP contribution in [0.2, 0.25) is 0 Å². The van der Waals surface area contributed by atoms with Crippen molar-refractivity contribution in [1.82, 2.24) is 9.88 Å². The maximum absolute atomic E-state index is 5.79. The normalized spacial score (nSPS) is 20.1. The SMILES string of the molecule is Cc1nc(CN2CCCCC2CN)oc1C.Cl.Cl. The van der Waals surface area contributed by atoms with E-state index < -0.39 is 0 Å². The standard InChI is InChI=1S/C12H21N3O.2ClH/c1-9-10(2)16-12(14-9)8-15-6-4-3-5-11(15)7-13;;/h11H,3-8,13H2,1-2H3;2*1H. The number of nitrogens with zero attached hydrogens (tertiary/aromatic N) is 2. The molecule has 0 saturated carbocycles. The molecule has 0 aromatic carbocycles. The van der Waals surface area contributed by atoms with E-state index in [9.17, 15) is 0 Å². The first-order valence-electron chi connectivity index (χ1n) is 6.07. The second-order valence-electron chi connectivity index (χ2n) is 4.60. The largest absolute Gasteiger partial charge is 0.444 e. The zero-order valence-electron chi connectivity index (χ0n) is 11.0. The van der Waals surface area contributed by atoms with Crippen LogP contribution in [-0.2, 0) is 6.54 Å². The Kier molecular flexibility index (Phi) is 7.87. The van der Waals surface area contributed by atoms with Crippen LogP contribution >= 0.6 is 24.8 Å². The molecule has 4 nitrogen and oxygen atoms in total. The number of rotatable bonds is 3. The van der Waals surface area contributed by atoms with Gasteiger partial charge < -0.3 is 10.2 Å². The molecule has 1 unspecified atom stereocenters. The molecule has 2 heterocycles. The van der Waals surface area contributed by atoms with Crippen LogP contribution in [0, 0.1) is 13.8 Å². The Labute approximate surface area is 121 Å². The lowest BCUT2D eigenvalue weighted by molar-refractivity contribution is 0.131. The van der Waals surface area contributed by atoms with Crippen LogP contribution in [0.3, 0.4) is 0 Å². The van der Waals surface area contributed by atoms with Crippen molar-refractivity contribution in [3.05, 3.63) is 17.3 Å². The summed E-state index contributed by atoms with van der Waals surface area (Å²) in [5, 5.41) is 0. The molecule has 1 fully saturated rings. The first-order chi connectivity index (χ1) is 7.70. The van der Waals surface area contributed by atoms with Crippen molar-refractivity contribution in [2.45, 2.75) is 45.7 Å². The fraction of sp³-hybridized carbons (Fsp3) is 0.750. The van der Waals surface area contributed by atoms with Crippen LogP contribution < -0.4 is 5.73 Å². The Morgan fingerprint density at radius 3 is 2.61 bits per heavy atom. The first kappa shape index (κ1) is 17.7. The van der Waals surface area contributed by atoms with Crippen molar-refractivity contribution < 1.29 is 4.42 Å². The summed E-state index contributed by atoms with van der Waals surface area (Å²) < 4.78 is 5.62. The predicted molar refractivity (Wildman–Crippen MR) is 77.6 cm³/mol. The van der Waals surface area contributed by atoms with Crippen LogP contribution in [0.1, 0.15) is 36.6 Å². The van der Waals surface area contributed by atoms with Crippen molar-refractivity contribution in [2.24, 2.45) is 5.73 Å². The highest BCUT2D eigenvalue weighted by Crippen LogP contribution is 2.19. The molecule has 0 aliphatic carbocycles. The van der Waals surface area contributed by atoms with E-state index in [1.807, 2.05) is 13.8 Å². The molecular weight excluding hydrogens is 273 g/mol. The fourth-order valence-corrected chi connectivity index (χ4v) is 2.32. The van der Waals surface area contributed by atoms with Gasteiger partial charge in [-0.15, -0.1) is 24.8 Å². The van der Waals surface area contributed by atoms with Gasteiger partial charge in [0.2, 0.25) is 5.89 Å². The van der Waals surface area contributed by atoms with Crippen LogP contribution in [0.25, 0.3) is 0 Å². The molecule has 2 N–H and O–H groups in total. The third-order valence-electron chi connectivity index (χ3n) is 3.43. The molecule has 1 aliphatic heterocycles. The number of piperidine rings is 1. The lowest BCUT2D eigenvalue weighted by Crippen LogP contribution is -2.43. The minimum atomic E-state index is 0. The van der Waals surface area contributed by atoms with E-state index in [2.05, 4.69) is 9.88 Å². The van der Waals surface area contributed by atoms with E-state index in [1.54, 1.807) is 0 Å². The van der Waals surface area contributed by atoms with E-state index in [-0.39, 0.29) is 24.8 Å². The summed E-state index contributed by atoms with van der Waals surface area (Å²) in [6.07, 6.45) is 3.76. The van der Waals surface area contributed by atoms with E-state index in [1.165, 1.54) is 19.3 Å². The topological polar surface area (TPSA) is 55.3 Å². The van der Waals surface area contributed by atoms with Crippen molar-refractivity contribution in [3.63, 3.8) is 0 Å². The Bertz CT molecular complexity index is 338. The molecule has 0 bridgehead atoms. The highest BCUT2D eigenvalue weighted by Gasteiger charge is 2.22. The Hall–Kier alpha value is -0.290. The molecule has 18 heavy (non-hydrogen) atoms. The Morgan fingerprint density at radius 1 is 1.33 bits per heavy atom. The molecule has 0 spiro atoms. The molecule has 0 amide bonds. The molecule has 106 valence electrons. The third kappa shape index (κ3) is 4.12. The van der Waals surface area contributed by atoms with Crippen LogP contribution in [0.15, 0.2) is 4.42 Å². The summed E-state index contributed by atoms with van der Waals surface area (Å²) >= 11 is 0. The molecule has 1 aromatic heterocycles. The van der Waals surface area contributed by atoms with Crippen LogP contribution in [0.5, 0.6) is 0 Å². The number of aromatic nitrogens is 1. The second kappa shape index (κ2) is 8.00. The molecular formula is C12H23Cl2N3O. The Morgan fingerprint density at radius 2 is 2.06 bits per heavy atom. The van der Waals surface area contributed by atoms with E-state index in [4.69, 9.17) is 10.2 Å². The lowest BCUT2D eigenvalue weighted by atomic mass is 10.0. The monoisotopic (exact) mass is 295 g/mol. The van der Waals surface area contributed by atoms with E-state index in [0.717, 1.165) is 37.0 Å². The van der Waals surface area contributed by atoms with Gasteiger partial charge in [0.1, 0.15) is 5.76 Å². The highest BCUT2D eigenvalue weighted by molar-refractivity contribution is 5.85. The number of hydrogen-bond acceptors (Lipinski definition) is 4. The van der Waals surface area contributed by atoms with Gasteiger partial charge in [0.15, 0.2) is 0 Å². The molecule has 1 saturated heterocycles. The summed E-state index contributed by atoms with van der Waals surface area (Å²) in [6, 6.07) is 0.501. The molecule has 6 heteroatoms. The average Bonchev–Trinajstić information content (AvgIpc) is 2.59. The lowest BCUT2D eigenvalue weighted by Gasteiger charge is -2.33. The number of oxazole rings is 1. The fourth-order valence-electron chi connectivity index (χ4n) is 2.32. The van der Waals surface area contributed by atoms with Gasteiger partial charge in [0, 0.05) is 12.6 Å². The summed E-state index contributed by atoms with van der Waals surface area (Å²) in [6.45, 7) is 6.60. The predicted octanol–water partition coefficient (Wildman–Crippen LogP) is 2.45. The highest BCUT2D eigenvalue weighted by atomic mass is 35.5. The van der Waals surface area contributed by atoms with Crippen LogP contribution in [-0.4, -0.2) is 29.0 Å². The minimum absolute atomic E-state index is 0. The van der Waals surface area contributed by atoms with Crippen molar-refractivity contribution in [1.29, 1.82) is 0 Å². The van der Waals surface area contributed by atoms with Crippen molar-refractivity contribution in [2.75, 3.05) is 13.1 Å². The summed E-state index contributed by atoms with van der Waals surface area (Å²) in [5.74, 6) is 1.76. The van der Waals surface area contributed by atoms with E-state index in [0.29, 0.717) is 6.04 Å². The van der Waals surface area contributed by atoms with E-state index >= 15 is 0 Å². The molecule has 2 rings (SSSR count). The molecule has 0 radical (unpaired) electrons. The summed E-state index contributed by atoms with van der Waals surface area (Å²) in [4.78, 5) is 6.82. The van der Waals surface area contributed by atoms with Gasteiger partial charge in [0.25, 0.3) is 0 Å². The first-order valence-corrected chi connectivity index (χ1v) is 6.07. The summed E-state index contributed by atoms with van der Waals surface area (Å²) in [7, 11) is 0. The van der Waals surface area contributed by atoms with Gasteiger partial charge in [-0.3, -0.25) is 4.90 Å². The van der Waals surface area contributed by atoms with Gasteiger partial charge in [-0.1, -0.05) is 6.42 Å². The second-order valence-corrected chi connectivity index (χ2v) is 4.60. The van der Waals surface area contributed by atoms with Crippen molar-refractivity contribution >= 4 is 24.8 Å². The van der Waals surface area contributed by atoms with Crippen LogP contribution in [0.4, 0.5) is 0 Å². The molecule has 1 aromatic rings. The maximum Gasteiger partial charge on any atom is 0.208 e. The zero-order valence-corrected chi connectivity index (χ0v) is 12.6. The third-order valence-corrected chi connectivity index (χ3v) is 3.43.